The average Bonchev–Trinajstić information content (AvgIpc) is 2.28. The number of piperidine rings is 2. The summed E-state index contributed by atoms with van der Waals surface area (Å²) >= 11 is 0. The monoisotopic (exact) mass is 247 g/mol. The Morgan fingerprint density at radius 3 is 2.50 bits per heavy atom. The van der Waals surface area contributed by atoms with Crippen LogP contribution in [0.2, 0.25) is 0 Å². The second-order valence-electron chi connectivity index (χ2n) is 5.52. The minimum atomic E-state index is -0.186. The number of hydrogen-bond acceptors (Lipinski definition) is 2. The highest BCUT2D eigenvalue weighted by Gasteiger charge is 2.37. The summed E-state index contributed by atoms with van der Waals surface area (Å²) in [6, 6.07) is 5.63. The SMILES string of the molecule is Cc1cc(F)ccc1N1C2CCCC1CC(=O)C2. The van der Waals surface area contributed by atoms with Gasteiger partial charge in [-0.3, -0.25) is 4.79 Å². The maximum absolute atomic E-state index is 13.2. The summed E-state index contributed by atoms with van der Waals surface area (Å²) in [5, 5.41) is 0. The molecule has 0 saturated carbocycles. The first-order valence-corrected chi connectivity index (χ1v) is 6.71. The highest BCUT2D eigenvalue weighted by molar-refractivity contribution is 5.83. The van der Waals surface area contributed by atoms with E-state index in [0.717, 1.165) is 24.1 Å². The molecule has 2 fully saturated rings. The van der Waals surface area contributed by atoms with Crippen molar-refractivity contribution in [1.29, 1.82) is 0 Å². The molecule has 0 aromatic heterocycles. The predicted molar refractivity (Wildman–Crippen MR) is 69.3 cm³/mol. The molecular formula is C15H18FNO. The first-order chi connectivity index (χ1) is 8.65. The van der Waals surface area contributed by atoms with Crippen LogP contribution in [0.5, 0.6) is 0 Å². The van der Waals surface area contributed by atoms with E-state index in [2.05, 4.69) is 4.90 Å². The normalized spacial score (nSPS) is 27.4. The number of rotatable bonds is 1. The number of benzene rings is 1. The molecule has 0 spiro atoms. The molecule has 0 aliphatic carbocycles. The van der Waals surface area contributed by atoms with Gasteiger partial charge in [0.05, 0.1) is 0 Å². The van der Waals surface area contributed by atoms with E-state index in [0.29, 0.717) is 30.7 Å². The van der Waals surface area contributed by atoms with Gasteiger partial charge in [0.1, 0.15) is 11.6 Å². The number of anilines is 1. The largest absolute Gasteiger partial charge is 0.364 e. The number of hydrogen-bond donors (Lipinski definition) is 0. The van der Waals surface area contributed by atoms with Crippen molar-refractivity contribution in [1.82, 2.24) is 0 Å². The van der Waals surface area contributed by atoms with E-state index in [1.165, 1.54) is 12.5 Å². The Bertz CT molecular complexity index is 469. The van der Waals surface area contributed by atoms with Crippen LogP contribution in [0.25, 0.3) is 0 Å². The lowest BCUT2D eigenvalue weighted by atomic mass is 9.83. The number of carbonyl (C=O) groups excluding carboxylic acids is 1. The quantitative estimate of drug-likeness (QED) is 0.759. The molecule has 2 bridgehead atoms. The topological polar surface area (TPSA) is 20.3 Å². The van der Waals surface area contributed by atoms with Gasteiger partial charge in [-0.1, -0.05) is 0 Å². The summed E-state index contributed by atoms with van der Waals surface area (Å²) in [4.78, 5) is 14.1. The van der Waals surface area contributed by atoms with Crippen molar-refractivity contribution in [3.05, 3.63) is 29.6 Å². The Kier molecular flexibility index (Phi) is 2.84. The summed E-state index contributed by atoms with van der Waals surface area (Å²) in [5.41, 5.74) is 2.08. The van der Waals surface area contributed by atoms with Crippen molar-refractivity contribution in [2.45, 2.75) is 51.1 Å². The van der Waals surface area contributed by atoms with Crippen LogP contribution in [-0.2, 0) is 4.79 Å². The minimum absolute atomic E-state index is 0.186. The van der Waals surface area contributed by atoms with Gasteiger partial charge in [0.25, 0.3) is 0 Å². The van der Waals surface area contributed by atoms with Crippen molar-refractivity contribution in [2.75, 3.05) is 4.90 Å². The van der Waals surface area contributed by atoms with Gasteiger partial charge in [0.2, 0.25) is 0 Å². The van der Waals surface area contributed by atoms with E-state index in [9.17, 15) is 9.18 Å². The van der Waals surface area contributed by atoms with E-state index in [1.54, 1.807) is 6.07 Å². The van der Waals surface area contributed by atoms with Gasteiger partial charge in [-0.25, -0.2) is 4.39 Å². The lowest BCUT2D eigenvalue weighted by molar-refractivity contribution is -0.121. The molecule has 2 nitrogen and oxygen atoms in total. The number of halogens is 1. The number of Topliss-reactive ketones (excluding diaryl/α,β-unsaturated/α-hetero) is 1. The fourth-order valence-corrected chi connectivity index (χ4v) is 3.48. The highest BCUT2D eigenvalue weighted by Crippen LogP contribution is 2.37. The Morgan fingerprint density at radius 2 is 1.89 bits per heavy atom. The van der Waals surface area contributed by atoms with Crippen LogP contribution in [0.15, 0.2) is 18.2 Å². The first-order valence-electron chi connectivity index (χ1n) is 6.71. The van der Waals surface area contributed by atoms with Crippen LogP contribution in [-0.4, -0.2) is 17.9 Å². The molecule has 0 radical (unpaired) electrons. The third kappa shape index (κ3) is 1.92. The Labute approximate surface area is 107 Å². The van der Waals surface area contributed by atoms with Gasteiger partial charge in [0.15, 0.2) is 0 Å². The molecule has 3 rings (SSSR count). The van der Waals surface area contributed by atoms with E-state index >= 15 is 0 Å². The second-order valence-corrected chi connectivity index (χ2v) is 5.52. The fourth-order valence-electron chi connectivity index (χ4n) is 3.48. The minimum Gasteiger partial charge on any atom is -0.364 e. The van der Waals surface area contributed by atoms with Crippen LogP contribution >= 0.6 is 0 Å². The zero-order chi connectivity index (χ0) is 12.7. The summed E-state index contributed by atoms with van der Waals surface area (Å²) in [6.45, 7) is 1.95. The van der Waals surface area contributed by atoms with Gasteiger partial charge in [-0.05, 0) is 49.9 Å². The molecule has 3 heteroatoms. The van der Waals surface area contributed by atoms with E-state index in [1.807, 2.05) is 13.0 Å². The highest BCUT2D eigenvalue weighted by atomic mass is 19.1. The van der Waals surface area contributed by atoms with Crippen molar-refractivity contribution < 1.29 is 9.18 Å². The maximum Gasteiger partial charge on any atom is 0.137 e. The third-order valence-electron chi connectivity index (χ3n) is 4.23. The molecule has 1 aromatic carbocycles. The molecule has 2 atom stereocenters. The summed E-state index contributed by atoms with van der Waals surface area (Å²) in [5.74, 6) is 0.204. The van der Waals surface area contributed by atoms with Gasteiger partial charge in [-0.2, -0.15) is 0 Å². The van der Waals surface area contributed by atoms with Crippen molar-refractivity contribution in [2.24, 2.45) is 0 Å². The molecular weight excluding hydrogens is 229 g/mol. The molecule has 0 N–H and O–H groups in total. The van der Waals surface area contributed by atoms with Crippen LogP contribution in [0.4, 0.5) is 10.1 Å². The average molecular weight is 247 g/mol. The van der Waals surface area contributed by atoms with Crippen LogP contribution < -0.4 is 4.90 Å². The van der Waals surface area contributed by atoms with Crippen molar-refractivity contribution >= 4 is 11.5 Å². The zero-order valence-electron chi connectivity index (χ0n) is 10.7. The van der Waals surface area contributed by atoms with Gasteiger partial charge in [-0.15, -0.1) is 0 Å². The standard InChI is InChI=1S/C15H18FNO/c1-10-7-11(16)5-6-15(10)17-12-3-2-4-13(17)9-14(18)8-12/h5-7,12-13H,2-4,8-9H2,1H3. The van der Waals surface area contributed by atoms with E-state index in [-0.39, 0.29) is 5.82 Å². The molecule has 96 valence electrons. The lowest BCUT2D eigenvalue weighted by Crippen LogP contribution is -2.52. The smallest absolute Gasteiger partial charge is 0.137 e. The van der Waals surface area contributed by atoms with E-state index < -0.39 is 0 Å². The first kappa shape index (κ1) is 11.7. The third-order valence-corrected chi connectivity index (χ3v) is 4.23. The maximum atomic E-state index is 13.2. The molecule has 18 heavy (non-hydrogen) atoms. The Balaban J connectivity index is 1.97. The molecule has 2 aliphatic heterocycles. The van der Waals surface area contributed by atoms with Crippen molar-refractivity contribution in [3.63, 3.8) is 0 Å². The number of fused-ring (bicyclic) bond motifs is 2. The number of carbonyl (C=O) groups is 1. The molecule has 2 saturated heterocycles. The lowest BCUT2D eigenvalue weighted by Gasteiger charge is -2.47. The molecule has 2 heterocycles. The van der Waals surface area contributed by atoms with Crippen LogP contribution in [0, 0.1) is 12.7 Å². The van der Waals surface area contributed by atoms with E-state index in [4.69, 9.17) is 0 Å². The Morgan fingerprint density at radius 1 is 1.22 bits per heavy atom. The predicted octanol–water partition coefficient (Wildman–Crippen LogP) is 3.22. The summed E-state index contributed by atoms with van der Waals surface area (Å²) in [6.07, 6.45) is 4.69. The van der Waals surface area contributed by atoms with Gasteiger partial charge < -0.3 is 4.90 Å². The molecule has 1 aromatic rings. The summed E-state index contributed by atoms with van der Waals surface area (Å²) < 4.78 is 13.2. The number of aryl methyl sites for hydroxylation is 1. The number of nitrogens with zero attached hydrogens (tertiary/aromatic N) is 1. The molecule has 2 aliphatic rings. The number of ketones is 1. The van der Waals surface area contributed by atoms with Gasteiger partial charge in [0, 0.05) is 30.6 Å². The second kappa shape index (κ2) is 4.38. The summed E-state index contributed by atoms with van der Waals surface area (Å²) in [7, 11) is 0. The molecule has 2 unspecified atom stereocenters. The molecule has 0 amide bonds. The zero-order valence-corrected chi connectivity index (χ0v) is 10.7. The van der Waals surface area contributed by atoms with Crippen LogP contribution in [0.1, 0.15) is 37.7 Å². The van der Waals surface area contributed by atoms with Crippen LogP contribution in [0.3, 0.4) is 0 Å². The van der Waals surface area contributed by atoms with Crippen molar-refractivity contribution in [3.8, 4) is 0 Å². The Hall–Kier alpha value is -1.38. The fraction of sp³-hybridized carbons (Fsp3) is 0.533. The van der Waals surface area contributed by atoms with Gasteiger partial charge >= 0.3 is 0 Å².